The van der Waals surface area contributed by atoms with Gasteiger partial charge in [-0.1, -0.05) is 6.07 Å². The molecule has 0 spiro atoms. The van der Waals surface area contributed by atoms with E-state index in [2.05, 4.69) is 9.88 Å². The molecule has 1 aliphatic rings. The number of alkyl halides is 3. The lowest BCUT2D eigenvalue weighted by molar-refractivity contribution is -0.137. The summed E-state index contributed by atoms with van der Waals surface area (Å²) in [6.07, 6.45) is -0.706. The second-order valence-corrected chi connectivity index (χ2v) is 5.68. The third kappa shape index (κ3) is 5.56. The van der Waals surface area contributed by atoms with Gasteiger partial charge < -0.3 is 9.80 Å². The van der Waals surface area contributed by atoms with Crippen LogP contribution in [0.1, 0.15) is 11.1 Å². The first-order valence-electron chi connectivity index (χ1n) is 7.53. The van der Waals surface area contributed by atoms with Crippen LogP contribution >= 0.6 is 37.2 Å². The smallest absolute Gasteiger partial charge is 0.368 e. The van der Waals surface area contributed by atoms with E-state index >= 15 is 0 Å². The van der Waals surface area contributed by atoms with Crippen LogP contribution < -0.4 is 9.80 Å². The van der Waals surface area contributed by atoms with Gasteiger partial charge in [0.05, 0.1) is 5.56 Å². The SMILES string of the molecule is Cc1cnccc1N1CCN(c2cccc(C(F)(F)F)c2)CC1.Cl.Cl.Cl. The summed E-state index contributed by atoms with van der Waals surface area (Å²) in [5.74, 6) is 0. The van der Waals surface area contributed by atoms with Crippen molar-refractivity contribution in [3.05, 3.63) is 53.9 Å². The Balaban J connectivity index is 0.00000208. The van der Waals surface area contributed by atoms with E-state index in [1.165, 1.54) is 12.1 Å². The molecule has 1 saturated heterocycles. The number of rotatable bonds is 2. The number of piperazine rings is 1. The highest BCUT2D eigenvalue weighted by molar-refractivity contribution is 5.86. The van der Waals surface area contributed by atoms with Crippen LogP contribution in [-0.4, -0.2) is 31.2 Å². The molecule has 0 radical (unpaired) electrons. The Labute approximate surface area is 169 Å². The van der Waals surface area contributed by atoms with Gasteiger partial charge in [-0.05, 0) is 36.8 Å². The van der Waals surface area contributed by atoms with Crippen molar-refractivity contribution in [3.63, 3.8) is 0 Å². The molecule has 26 heavy (non-hydrogen) atoms. The van der Waals surface area contributed by atoms with E-state index in [-0.39, 0.29) is 37.2 Å². The molecule has 146 valence electrons. The molecule has 1 fully saturated rings. The lowest BCUT2D eigenvalue weighted by atomic mass is 10.1. The summed E-state index contributed by atoms with van der Waals surface area (Å²) in [6, 6.07) is 7.53. The Hall–Kier alpha value is -1.37. The zero-order valence-corrected chi connectivity index (χ0v) is 16.5. The van der Waals surface area contributed by atoms with Crippen LogP contribution in [0.2, 0.25) is 0 Å². The number of anilines is 2. The lowest BCUT2D eigenvalue weighted by Crippen LogP contribution is -2.46. The quantitative estimate of drug-likeness (QED) is 0.668. The zero-order chi connectivity index (χ0) is 16.4. The molecule has 0 amide bonds. The van der Waals surface area contributed by atoms with Crippen LogP contribution in [0.5, 0.6) is 0 Å². The van der Waals surface area contributed by atoms with Crippen molar-refractivity contribution < 1.29 is 13.2 Å². The summed E-state index contributed by atoms with van der Waals surface area (Å²) in [4.78, 5) is 8.34. The van der Waals surface area contributed by atoms with Gasteiger partial charge in [0, 0.05) is 49.9 Å². The second kappa shape index (κ2) is 10.1. The van der Waals surface area contributed by atoms with Crippen molar-refractivity contribution in [2.24, 2.45) is 0 Å². The maximum Gasteiger partial charge on any atom is 0.416 e. The molecule has 0 saturated carbocycles. The van der Waals surface area contributed by atoms with Crippen LogP contribution in [0.15, 0.2) is 42.7 Å². The highest BCUT2D eigenvalue weighted by Crippen LogP contribution is 2.32. The Morgan fingerprint density at radius 3 is 2.12 bits per heavy atom. The molecule has 3 rings (SSSR count). The van der Waals surface area contributed by atoms with E-state index < -0.39 is 11.7 Å². The fraction of sp³-hybridized carbons (Fsp3) is 0.353. The van der Waals surface area contributed by atoms with Crippen molar-refractivity contribution in [1.29, 1.82) is 0 Å². The Morgan fingerprint density at radius 1 is 0.923 bits per heavy atom. The fourth-order valence-corrected chi connectivity index (χ4v) is 2.91. The predicted octanol–water partition coefficient (Wildman–Crippen LogP) is 5.00. The third-order valence-electron chi connectivity index (χ3n) is 4.15. The molecule has 0 aliphatic carbocycles. The number of nitrogens with zero attached hydrogens (tertiary/aromatic N) is 3. The lowest BCUT2D eigenvalue weighted by Gasteiger charge is -2.38. The molecule has 3 nitrogen and oxygen atoms in total. The van der Waals surface area contributed by atoms with Crippen LogP contribution in [-0.2, 0) is 6.18 Å². The van der Waals surface area contributed by atoms with Crippen molar-refractivity contribution in [2.75, 3.05) is 36.0 Å². The van der Waals surface area contributed by atoms with Crippen molar-refractivity contribution in [1.82, 2.24) is 4.98 Å². The summed E-state index contributed by atoms with van der Waals surface area (Å²) in [6.45, 7) is 4.97. The summed E-state index contributed by atoms with van der Waals surface area (Å²) < 4.78 is 38.5. The van der Waals surface area contributed by atoms with E-state index in [1.54, 1.807) is 12.3 Å². The van der Waals surface area contributed by atoms with Gasteiger partial charge in [-0.2, -0.15) is 13.2 Å². The number of aryl methyl sites for hydroxylation is 1. The minimum atomic E-state index is -4.30. The number of benzene rings is 1. The maximum atomic E-state index is 12.8. The number of aromatic nitrogens is 1. The van der Waals surface area contributed by atoms with Gasteiger partial charge in [-0.15, -0.1) is 37.2 Å². The molecule has 1 aromatic heterocycles. The normalized spacial score (nSPS) is 14.0. The van der Waals surface area contributed by atoms with E-state index in [4.69, 9.17) is 0 Å². The van der Waals surface area contributed by atoms with Gasteiger partial charge in [-0.25, -0.2) is 0 Å². The van der Waals surface area contributed by atoms with E-state index in [9.17, 15) is 13.2 Å². The van der Waals surface area contributed by atoms with Gasteiger partial charge in [0.1, 0.15) is 0 Å². The first-order chi connectivity index (χ1) is 10.9. The minimum Gasteiger partial charge on any atom is -0.368 e. The maximum absolute atomic E-state index is 12.8. The average Bonchev–Trinajstić information content (AvgIpc) is 2.55. The van der Waals surface area contributed by atoms with Crippen LogP contribution in [0.25, 0.3) is 0 Å². The first-order valence-corrected chi connectivity index (χ1v) is 7.53. The molecule has 0 N–H and O–H groups in total. The summed E-state index contributed by atoms with van der Waals surface area (Å²) in [7, 11) is 0. The number of pyridine rings is 1. The van der Waals surface area contributed by atoms with E-state index in [1.807, 2.05) is 24.1 Å². The molecule has 1 aliphatic heterocycles. The molecule has 0 atom stereocenters. The van der Waals surface area contributed by atoms with Crippen molar-refractivity contribution >= 4 is 48.6 Å². The zero-order valence-electron chi connectivity index (χ0n) is 14.1. The number of hydrogen-bond donors (Lipinski definition) is 0. The molecule has 2 heterocycles. The summed E-state index contributed by atoms with van der Waals surface area (Å²) >= 11 is 0. The second-order valence-electron chi connectivity index (χ2n) is 5.68. The minimum absolute atomic E-state index is 0. The van der Waals surface area contributed by atoms with Crippen LogP contribution in [0.4, 0.5) is 24.5 Å². The van der Waals surface area contributed by atoms with Gasteiger partial charge in [-0.3, -0.25) is 4.98 Å². The average molecular weight is 431 g/mol. The van der Waals surface area contributed by atoms with E-state index in [0.29, 0.717) is 18.8 Å². The molecule has 0 unspecified atom stereocenters. The van der Waals surface area contributed by atoms with Gasteiger partial charge in [0.15, 0.2) is 0 Å². The largest absolute Gasteiger partial charge is 0.416 e. The van der Waals surface area contributed by atoms with Crippen LogP contribution in [0.3, 0.4) is 0 Å². The monoisotopic (exact) mass is 429 g/mol. The predicted molar refractivity (Wildman–Crippen MR) is 107 cm³/mol. The third-order valence-corrected chi connectivity index (χ3v) is 4.15. The number of halogens is 6. The Morgan fingerprint density at radius 2 is 1.54 bits per heavy atom. The molecule has 0 bridgehead atoms. The molecular formula is C17H21Cl3F3N3. The van der Waals surface area contributed by atoms with Crippen molar-refractivity contribution in [3.8, 4) is 0 Å². The topological polar surface area (TPSA) is 19.4 Å². The van der Waals surface area contributed by atoms with Gasteiger partial charge in [0.25, 0.3) is 0 Å². The highest BCUT2D eigenvalue weighted by atomic mass is 35.5. The molecular weight excluding hydrogens is 410 g/mol. The van der Waals surface area contributed by atoms with E-state index in [0.717, 1.165) is 30.4 Å². The standard InChI is InChI=1S/C17H18F3N3.3ClH/c1-13-12-21-6-5-16(13)23-9-7-22(8-10-23)15-4-2-3-14(11-15)17(18,19)20;;;/h2-6,11-12H,7-10H2,1H3;3*1H. The highest BCUT2D eigenvalue weighted by Gasteiger charge is 2.31. The Kier molecular flexibility index (Phi) is 9.56. The van der Waals surface area contributed by atoms with Gasteiger partial charge >= 0.3 is 6.18 Å². The first kappa shape index (κ1) is 24.6. The Bertz CT molecular complexity index is 690. The van der Waals surface area contributed by atoms with Crippen LogP contribution in [0, 0.1) is 6.92 Å². The van der Waals surface area contributed by atoms with Gasteiger partial charge in [0.2, 0.25) is 0 Å². The molecule has 2 aromatic rings. The summed E-state index contributed by atoms with van der Waals surface area (Å²) in [5.41, 5.74) is 2.29. The fourth-order valence-electron chi connectivity index (χ4n) is 2.91. The number of hydrogen-bond acceptors (Lipinski definition) is 3. The summed E-state index contributed by atoms with van der Waals surface area (Å²) in [5, 5.41) is 0. The van der Waals surface area contributed by atoms with Crippen molar-refractivity contribution in [2.45, 2.75) is 13.1 Å². The molecule has 1 aromatic carbocycles. The molecule has 9 heteroatoms.